The first-order valence-electron chi connectivity index (χ1n) is 6.48. The third kappa shape index (κ3) is 5.38. The lowest BCUT2D eigenvalue weighted by Gasteiger charge is -2.23. The molecule has 1 rings (SSSR count). The van der Waals surface area contributed by atoms with Crippen LogP contribution in [0.2, 0.25) is 0 Å². The predicted octanol–water partition coefficient (Wildman–Crippen LogP) is 2.42. The van der Waals surface area contributed by atoms with Gasteiger partial charge in [-0.3, -0.25) is 9.69 Å². The first kappa shape index (κ1) is 16.8. The van der Waals surface area contributed by atoms with E-state index in [1.807, 2.05) is 11.9 Å². The van der Waals surface area contributed by atoms with Crippen LogP contribution in [0, 0.1) is 5.82 Å². The van der Waals surface area contributed by atoms with Gasteiger partial charge in [-0.05, 0) is 50.6 Å². The minimum Gasteiger partial charge on any atom is -0.397 e. The quantitative estimate of drug-likeness (QED) is 0.759. The van der Waals surface area contributed by atoms with E-state index >= 15 is 0 Å². The summed E-state index contributed by atoms with van der Waals surface area (Å²) in [5, 5.41) is 2.70. The van der Waals surface area contributed by atoms with Crippen LogP contribution in [0.5, 0.6) is 0 Å². The summed E-state index contributed by atoms with van der Waals surface area (Å²) < 4.78 is 12.9. The van der Waals surface area contributed by atoms with Crippen LogP contribution in [0.25, 0.3) is 0 Å². The van der Waals surface area contributed by atoms with Gasteiger partial charge in [0.05, 0.1) is 17.9 Å². The average molecular weight is 299 g/mol. The highest BCUT2D eigenvalue weighted by Crippen LogP contribution is 2.19. The zero-order chi connectivity index (χ0) is 15.1. The van der Waals surface area contributed by atoms with Gasteiger partial charge in [0.1, 0.15) is 5.82 Å². The first-order chi connectivity index (χ1) is 9.43. The molecule has 0 aliphatic rings. The van der Waals surface area contributed by atoms with E-state index in [2.05, 4.69) is 18.5 Å². The van der Waals surface area contributed by atoms with Crippen LogP contribution in [-0.2, 0) is 4.79 Å². The minimum absolute atomic E-state index is 0.151. The van der Waals surface area contributed by atoms with E-state index in [9.17, 15) is 9.18 Å². The van der Waals surface area contributed by atoms with E-state index in [1.165, 1.54) is 18.2 Å². The molecule has 1 amide bonds. The van der Waals surface area contributed by atoms with E-state index < -0.39 is 5.82 Å². The Bertz CT molecular complexity index is 456. The van der Waals surface area contributed by atoms with Gasteiger partial charge in [-0.15, -0.1) is 0 Å². The number of amides is 1. The van der Waals surface area contributed by atoms with Gasteiger partial charge in [-0.1, -0.05) is 0 Å². The van der Waals surface area contributed by atoms with E-state index in [4.69, 9.17) is 5.73 Å². The molecule has 0 aliphatic heterocycles. The number of carbonyl (C=O) groups is 1. The number of halogens is 1. The second kappa shape index (κ2) is 8.11. The smallest absolute Gasteiger partial charge is 0.238 e. The van der Waals surface area contributed by atoms with Crippen LogP contribution in [0.3, 0.4) is 0 Å². The number of thioether (sulfide) groups is 1. The van der Waals surface area contributed by atoms with Crippen molar-refractivity contribution in [1.29, 1.82) is 0 Å². The molecular formula is C14H22FN3OS. The van der Waals surface area contributed by atoms with E-state index in [0.29, 0.717) is 11.7 Å². The van der Waals surface area contributed by atoms with Crippen molar-refractivity contribution < 1.29 is 9.18 Å². The lowest BCUT2D eigenvalue weighted by Crippen LogP contribution is -2.36. The molecule has 0 spiro atoms. The number of anilines is 2. The lowest BCUT2D eigenvalue weighted by molar-refractivity contribution is -0.117. The number of nitrogens with one attached hydrogen (secondary N) is 1. The van der Waals surface area contributed by atoms with Gasteiger partial charge in [-0.2, -0.15) is 11.8 Å². The number of hydrogen-bond donors (Lipinski definition) is 2. The summed E-state index contributed by atoms with van der Waals surface area (Å²) in [6, 6.07) is 4.27. The van der Waals surface area contributed by atoms with Crippen LogP contribution in [0.15, 0.2) is 18.2 Å². The highest BCUT2D eigenvalue weighted by Gasteiger charge is 2.13. The summed E-state index contributed by atoms with van der Waals surface area (Å²) in [5.41, 5.74) is 6.33. The van der Waals surface area contributed by atoms with E-state index in [0.717, 1.165) is 12.2 Å². The number of carbonyl (C=O) groups excluding carboxylic acids is 1. The maximum Gasteiger partial charge on any atom is 0.238 e. The lowest BCUT2D eigenvalue weighted by atomic mass is 10.2. The topological polar surface area (TPSA) is 58.4 Å². The van der Waals surface area contributed by atoms with Crippen molar-refractivity contribution in [2.24, 2.45) is 0 Å². The molecular weight excluding hydrogens is 277 g/mol. The fourth-order valence-electron chi connectivity index (χ4n) is 1.73. The zero-order valence-corrected chi connectivity index (χ0v) is 13.0. The molecule has 0 aliphatic carbocycles. The van der Waals surface area contributed by atoms with Crippen molar-refractivity contribution in [1.82, 2.24) is 4.90 Å². The molecule has 0 radical (unpaired) electrons. The molecule has 20 heavy (non-hydrogen) atoms. The summed E-state index contributed by atoms with van der Waals surface area (Å²) >= 11 is 1.79. The molecule has 3 N–H and O–H groups in total. The van der Waals surface area contributed by atoms with Gasteiger partial charge in [0.25, 0.3) is 0 Å². The van der Waals surface area contributed by atoms with Crippen molar-refractivity contribution in [2.45, 2.75) is 19.4 Å². The number of nitrogen functional groups attached to an aromatic ring is 1. The minimum atomic E-state index is -0.414. The Labute approximate surface area is 123 Å². The molecule has 0 saturated carbocycles. The van der Waals surface area contributed by atoms with Crippen molar-refractivity contribution in [3.05, 3.63) is 24.0 Å². The summed E-state index contributed by atoms with van der Waals surface area (Å²) in [4.78, 5) is 13.9. The summed E-state index contributed by atoms with van der Waals surface area (Å²) in [5.74, 6) is 0.503. The van der Waals surface area contributed by atoms with Crippen molar-refractivity contribution in [2.75, 3.05) is 36.7 Å². The Morgan fingerprint density at radius 2 is 2.25 bits per heavy atom. The number of nitrogens with two attached hydrogens (primary N) is 1. The average Bonchev–Trinajstić information content (AvgIpc) is 2.39. The Balaban J connectivity index is 2.50. The molecule has 1 aromatic carbocycles. The monoisotopic (exact) mass is 299 g/mol. The molecule has 1 aromatic rings. The molecule has 0 saturated heterocycles. The van der Waals surface area contributed by atoms with Gasteiger partial charge in [-0.25, -0.2) is 4.39 Å². The molecule has 0 heterocycles. The van der Waals surface area contributed by atoms with E-state index in [1.54, 1.807) is 11.8 Å². The molecule has 0 aromatic heterocycles. The number of benzene rings is 1. The third-order valence-electron chi connectivity index (χ3n) is 3.17. The molecule has 4 nitrogen and oxygen atoms in total. The largest absolute Gasteiger partial charge is 0.397 e. The Hall–Kier alpha value is -1.27. The van der Waals surface area contributed by atoms with E-state index in [-0.39, 0.29) is 18.1 Å². The van der Waals surface area contributed by atoms with Crippen LogP contribution < -0.4 is 11.1 Å². The van der Waals surface area contributed by atoms with Crippen LogP contribution in [0.1, 0.15) is 13.3 Å². The number of hydrogen-bond acceptors (Lipinski definition) is 4. The van der Waals surface area contributed by atoms with Gasteiger partial charge in [0, 0.05) is 6.04 Å². The van der Waals surface area contributed by atoms with Gasteiger partial charge >= 0.3 is 0 Å². The molecule has 6 heteroatoms. The van der Waals surface area contributed by atoms with Crippen molar-refractivity contribution in [3.8, 4) is 0 Å². The Kier molecular flexibility index (Phi) is 6.81. The first-order valence-corrected chi connectivity index (χ1v) is 7.87. The second-order valence-corrected chi connectivity index (χ2v) is 5.81. The Morgan fingerprint density at radius 3 is 2.85 bits per heavy atom. The zero-order valence-electron chi connectivity index (χ0n) is 12.1. The van der Waals surface area contributed by atoms with Crippen molar-refractivity contribution >= 4 is 29.0 Å². The number of likely N-dealkylation sites (N-methyl/N-ethyl adjacent to an activating group) is 1. The summed E-state index contributed by atoms with van der Waals surface area (Å²) in [6.07, 6.45) is 3.10. The van der Waals surface area contributed by atoms with Crippen LogP contribution in [0.4, 0.5) is 15.8 Å². The molecule has 0 fully saturated rings. The van der Waals surface area contributed by atoms with Crippen molar-refractivity contribution in [3.63, 3.8) is 0 Å². The summed E-state index contributed by atoms with van der Waals surface area (Å²) in [6.45, 7) is 2.38. The maximum absolute atomic E-state index is 12.9. The highest BCUT2D eigenvalue weighted by molar-refractivity contribution is 7.98. The van der Waals surface area contributed by atoms with Gasteiger partial charge < -0.3 is 11.1 Å². The molecule has 112 valence electrons. The standard InChI is InChI=1S/C14H22FN3OS/c1-10(6-7-20-3)18(2)9-14(19)17-13-5-4-11(15)8-12(13)16/h4-5,8,10H,6-7,9,16H2,1-3H3,(H,17,19). The van der Waals surface area contributed by atoms with Gasteiger partial charge in [0.2, 0.25) is 5.91 Å². The van der Waals surface area contributed by atoms with Crippen LogP contribution >= 0.6 is 11.8 Å². The predicted molar refractivity (Wildman–Crippen MR) is 84.5 cm³/mol. The molecule has 1 atom stereocenters. The fourth-order valence-corrected chi connectivity index (χ4v) is 2.31. The normalized spacial score (nSPS) is 12.4. The number of nitrogens with zero attached hydrogens (tertiary/aromatic N) is 1. The van der Waals surface area contributed by atoms with Gasteiger partial charge in [0.15, 0.2) is 0 Å². The highest BCUT2D eigenvalue weighted by atomic mass is 32.2. The third-order valence-corrected chi connectivity index (χ3v) is 3.82. The number of rotatable bonds is 7. The second-order valence-electron chi connectivity index (χ2n) is 4.83. The molecule has 0 bridgehead atoms. The Morgan fingerprint density at radius 1 is 1.55 bits per heavy atom. The summed E-state index contributed by atoms with van der Waals surface area (Å²) in [7, 11) is 1.92. The van der Waals surface area contributed by atoms with Crippen LogP contribution in [-0.4, -0.2) is 42.4 Å². The maximum atomic E-state index is 12.9. The SMILES string of the molecule is CSCCC(C)N(C)CC(=O)Nc1ccc(F)cc1N. The fraction of sp³-hybridized carbons (Fsp3) is 0.500. The molecule has 1 unspecified atom stereocenters.